The number of aromatic hydroxyl groups is 2. The molecule has 0 saturated carbocycles. The van der Waals surface area contributed by atoms with Gasteiger partial charge < -0.3 is 20.3 Å². The zero-order chi connectivity index (χ0) is 12.3. The Hall–Kier alpha value is -1.75. The van der Waals surface area contributed by atoms with Gasteiger partial charge in [0.1, 0.15) is 11.5 Å². The average molecular weight is 237 g/mol. The summed E-state index contributed by atoms with van der Waals surface area (Å²) in [5.74, 6) is -0.233. The molecule has 1 fully saturated rings. The van der Waals surface area contributed by atoms with E-state index in [0.29, 0.717) is 19.1 Å². The number of ether oxygens (including phenoxy) is 1. The first kappa shape index (κ1) is 11.7. The highest BCUT2D eigenvalue weighted by atomic mass is 16.5. The van der Waals surface area contributed by atoms with Gasteiger partial charge in [0.2, 0.25) is 0 Å². The molecule has 1 saturated heterocycles. The molecule has 5 heteroatoms. The van der Waals surface area contributed by atoms with Crippen molar-refractivity contribution < 1.29 is 19.7 Å². The molecule has 1 aliphatic rings. The van der Waals surface area contributed by atoms with Gasteiger partial charge in [-0.25, -0.2) is 0 Å². The fourth-order valence-corrected chi connectivity index (χ4v) is 1.78. The number of amides is 1. The van der Waals surface area contributed by atoms with Crippen LogP contribution in [-0.4, -0.2) is 35.9 Å². The largest absolute Gasteiger partial charge is 0.508 e. The van der Waals surface area contributed by atoms with Gasteiger partial charge in [0.25, 0.3) is 5.91 Å². The molecule has 1 aliphatic heterocycles. The quantitative estimate of drug-likeness (QED) is 0.681. The second-order valence-corrected chi connectivity index (χ2v) is 4.14. The van der Waals surface area contributed by atoms with E-state index in [9.17, 15) is 15.0 Å². The van der Waals surface area contributed by atoms with Crippen molar-refractivity contribution in [1.29, 1.82) is 0 Å². The van der Waals surface area contributed by atoms with Crippen molar-refractivity contribution >= 4 is 5.91 Å². The standard InChI is InChI=1S/C12H15NO4/c14-9-1-2-11(15)10(5-9)12(16)13-6-8-3-4-17-7-8/h1-2,5,8,14-15H,3-4,6-7H2,(H,13,16). The van der Waals surface area contributed by atoms with Gasteiger partial charge in [-0.15, -0.1) is 0 Å². The van der Waals surface area contributed by atoms with Crippen molar-refractivity contribution in [2.24, 2.45) is 5.92 Å². The van der Waals surface area contributed by atoms with E-state index < -0.39 is 0 Å². The Morgan fingerprint density at radius 2 is 2.29 bits per heavy atom. The molecule has 1 amide bonds. The minimum atomic E-state index is -0.384. The van der Waals surface area contributed by atoms with Crippen LogP contribution >= 0.6 is 0 Å². The Morgan fingerprint density at radius 1 is 1.47 bits per heavy atom. The molecule has 1 aromatic rings. The average Bonchev–Trinajstić information content (AvgIpc) is 2.82. The number of hydrogen-bond donors (Lipinski definition) is 3. The first-order valence-corrected chi connectivity index (χ1v) is 5.55. The number of phenols is 2. The Balaban J connectivity index is 1.96. The number of nitrogens with one attached hydrogen (secondary N) is 1. The summed E-state index contributed by atoms with van der Waals surface area (Å²) in [5, 5.41) is 21.5. The predicted molar refractivity (Wildman–Crippen MR) is 61.0 cm³/mol. The van der Waals surface area contributed by atoms with E-state index in [1.165, 1.54) is 18.2 Å². The minimum absolute atomic E-state index is 0.0443. The summed E-state index contributed by atoms with van der Waals surface area (Å²) in [6.07, 6.45) is 0.937. The minimum Gasteiger partial charge on any atom is -0.508 e. The lowest BCUT2D eigenvalue weighted by Crippen LogP contribution is -2.29. The van der Waals surface area contributed by atoms with E-state index in [2.05, 4.69) is 5.32 Å². The van der Waals surface area contributed by atoms with Gasteiger partial charge in [-0.05, 0) is 24.6 Å². The van der Waals surface area contributed by atoms with E-state index >= 15 is 0 Å². The molecular weight excluding hydrogens is 222 g/mol. The van der Waals surface area contributed by atoms with Crippen molar-refractivity contribution in [3.8, 4) is 11.5 Å². The highest BCUT2D eigenvalue weighted by Crippen LogP contribution is 2.22. The SMILES string of the molecule is O=C(NCC1CCOC1)c1cc(O)ccc1O. The third kappa shape index (κ3) is 2.88. The molecule has 0 radical (unpaired) electrons. The fourth-order valence-electron chi connectivity index (χ4n) is 1.78. The Morgan fingerprint density at radius 3 is 3.00 bits per heavy atom. The molecule has 92 valence electrons. The summed E-state index contributed by atoms with van der Waals surface area (Å²) in [4.78, 5) is 11.8. The number of hydrogen-bond acceptors (Lipinski definition) is 4. The van der Waals surface area contributed by atoms with Crippen LogP contribution < -0.4 is 5.32 Å². The van der Waals surface area contributed by atoms with Crippen molar-refractivity contribution in [1.82, 2.24) is 5.32 Å². The molecule has 5 nitrogen and oxygen atoms in total. The lowest BCUT2D eigenvalue weighted by atomic mass is 10.1. The Labute approximate surface area is 99.0 Å². The summed E-state index contributed by atoms with van der Waals surface area (Å²) < 4.78 is 5.20. The van der Waals surface area contributed by atoms with Gasteiger partial charge >= 0.3 is 0 Å². The summed E-state index contributed by atoms with van der Waals surface area (Å²) in [6.45, 7) is 1.91. The number of carbonyl (C=O) groups is 1. The van der Waals surface area contributed by atoms with Gasteiger partial charge in [0, 0.05) is 19.1 Å². The molecule has 0 aliphatic carbocycles. The summed E-state index contributed by atoms with van der Waals surface area (Å²) in [5.41, 5.74) is 0.0870. The molecular formula is C12H15NO4. The molecule has 2 rings (SSSR count). The molecule has 0 aromatic heterocycles. The molecule has 3 N–H and O–H groups in total. The van der Waals surface area contributed by atoms with E-state index in [4.69, 9.17) is 4.74 Å². The number of rotatable bonds is 3. The lowest BCUT2D eigenvalue weighted by molar-refractivity contribution is 0.0942. The topological polar surface area (TPSA) is 78.8 Å². The first-order valence-electron chi connectivity index (χ1n) is 5.55. The summed E-state index contributed by atoms with van der Waals surface area (Å²) in [6, 6.07) is 3.87. The van der Waals surface area contributed by atoms with E-state index in [-0.39, 0.29) is 23.0 Å². The lowest BCUT2D eigenvalue weighted by Gasteiger charge is -2.10. The maximum Gasteiger partial charge on any atom is 0.255 e. The highest BCUT2D eigenvalue weighted by Gasteiger charge is 2.18. The van der Waals surface area contributed by atoms with Crippen molar-refractivity contribution in [3.05, 3.63) is 23.8 Å². The van der Waals surface area contributed by atoms with Crippen LogP contribution in [-0.2, 0) is 4.74 Å². The highest BCUT2D eigenvalue weighted by molar-refractivity contribution is 5.97. The monoisotopic (exact) mass is 237 g/mol. The van der Waals surface area contributed by atoms with Crippen LogP contribution in [0.5, 0.6) is 11.5 Å². The zero-order valence-electron chi connectivity index (χ0n) is 9.35. The van der Waals surface area contributed by atoms with Crippen molar-refractivity contribution in [2.45, 2.75) is 6.42 Å². The van der Waals surface area contributed by atoms with Crippen LogP contribution in [0.15, 0.2) is 18.2 Å². The molecule has 1 unspecified atom stereocenters. The maximum atomic E-state index is 11.8. The van der Waals surface area contributed by atoms with Gasteiger partial charge in [-0.3, -0.25) is 4.79 Å². The van der Waals surface area contributed by atoms with E-state index in [1.54, 1.807) is 0 Å². The molecule has 0 bridgehead atoms. The second-order valence-electron chi connectivity index (χ2n) is 4.14. The van der Waals surface area contributed by atoms with Crippen molar-refractivity contribution in [2.75, 3.05) is 19.8 Å². The predicted octanol–water partition coefficient (Wildman–Crippen LogP) is 0.864. The molecule has 0 spiro atoms. The number of benzene rings is 1. The number of carbonyl (C=O) groups excluding carboxylic acids is 1. The Kier molecular flexibility index (Phi) is 3.49. The van der Waals surface area contributed by atoms with Gasteiger partial charge in [0.05, 0.1) is 12.2 Å². The van der Waals surface area contributed by atoms with Crippen LogP contribution in [0, 0.1) is 5.92 Å². The molecule has 1 heterocycles. The summed E-state index contributed by atoms with van der Waals surface area (Å²) >= 11 is 0. The van der Waals surface area contributed by atoms with E-state index in [1.807, 2.05) is 0 Å². The Bertz CT molecular complexity index is 413. The normalized spacial score (nSPS) is 19.2. The van der Waals surface area contributed by atoms with Crippen LogP contribution in [0.25, 0.3) is 0 Å². The smallest absolute Gasteiger partial charge is 0.255 e. The first-order chi connectivity index (χ1) is 8.16. The van der Waals surface area contributed by atoms with Crippen LogP contribution in [0.1, 0.15) is 16.8 Å². The van der Waals surface area contributed by atoms with Crippen LogP contribution in [0.3, 0.4) is 0 Å². The fraction of sp³-hybridized carbons (Fsp3) is 0.417. The van der Waals surface area contributed by atoms with Gasteiger partial charge in [-0.2, -0.15) is 0 Å². The molecule has 1 atom stereocenters. The summed E-state index contributed by atoms with van der Waals surface area (Å²) in [7, 11) is 0. The second kappa shape index (κ2) is 5.05. The van der Waals surface area contributed by atoms with Crippen LogP contribution in [0.4, 0.5) is 0 Å². The van der Waals surface area contributed by atoms with Crippen LogP contribution in [0.2, 0.25) is 0 Å². The third-order valence-corrected chi connectivity index (χ3v) is 2.80. The number of phenolic OH excluding ortho intramolecular Hbond substituents is 2. The maximum absolute atomic E-state index is 11.8. The molecule has 17 heavy (non-hydrogen) atoms. The third-order valence-electron chi connectivity index (χ3n) is 2.80. The van der Waals surface area contributed by atoms with Gasteiger partial charge in [0.15, 0.2) is 0 Å². The zero-order valence-corrected chi connectivity index (χ0v) is 9.35. The molecule has 1 aromatic carbocycles. The van der Waals surface area contributed by atoms with E-state index in [0.717, 1.165) is 13.0 Å². The van der Waals surface area contributed by atoms with Gasteiger partial charge in [-0.1, -0.05) is 0 Å². The van der Waals surface area contributed by atoms with Crippen molar-refractivity contribution in [3.63, 3.8) is 0 Å².